The monoisotopic (exact) mass is 354 g/mol. The average molecular weight is 354 g/mol. The maximum Gasteiger partial charge on any atom is 0.0400 e. The molecular formula is C25H26N2. The van der Waals surface area contributed by atoms with Crippen LogP contribution in [0.1, 0.15) is 16.7 Å². The summed E-state index contributed by atoms with van der Waals surface area (Å²) in [5.74, 6) is 0. The second kappa shape index (κ2) is 9.44. The van der Waals surface area contributed by atoms with Gasteiger partial charge in [0.2, 0.25) is 0 Å². The van der Waals surface area contributed by atoms with Crippen molar-refractivity contribution in [2.75, 3.05) is 24.3 Å². The smallest absolute Gasteiger partial charge is 0.0400 e. The molecule has 0 aliphatic carbocycles. The second-order valence-electron chi connectivity index (χ2n) is 6.67. The Hall–Kier alpha value is -3.26. The van der Waals surface area contributed by atoms with E-state index in [4.69, 9.17) is 0 Å². The molecule has 0 fully saturated rings. The van der Waals surface area contributed by atoms with E-state index < -0.39 is 0 Å². The predicted octanol–water partition coefficient (Wildman–Crippen LogP) is 6.09. The number of allylic oxidation sites excluding steroid dienone is 2. The minimum Gasteiger partial charge on any atom is -0.381 e. The van der Waals surface area contributed by atoms with Crippen LogP contribution in [-0.4, -0.2) is 14.1 Å². The third-order valence-corrected chi connectivity index (χ3v) is 4.35. The van der Waals surface area contributed by atoms with Gasteiger partial charge in [0.25, 0.3) is 0 Å². The van der Waals surface area contributed by atoms with Crippen molar-refractivity contribution < 1.29 is 0 Å². The van der Waals surface area contributed by atoms with E-state index in [1.807, 2.05) is 6.07 Å². The molecule has 0 bridgehead atoms. The van der Waals surface area contributed by atoms with E-state index in [1.54, 1.807) is 0 Å². The number of benzene rings is 3. The number of nitrogens with one attached hydrogen (secondary N) is 1. The van der Waals surface area contributed by atoms with Crippen LogP contribution in [0, 0.1) is 0 Å². The Bertz CT molecular complexity index is 874. The maximum absolute atomic E-state index is 3.45. The fourth-order valence-electron chi connectivity index (χ4n) is 2.73. The molecule has 1 N–H and O–H groups in total. The van der Waals surface area contributed by atoms with Crippen molar-refractivity contribution in [3.63, 3.8) is 0 Å². The molecule has 0 aliphatic heterocycles. The molecule has 0 saturated heterocycles. The first-order valence-electron chi connectivity index (χ1n) is 9.21. The highest BCUT2D eigenvalue weighted by Crippen LogP contribution is 2.14. The zero-order chi connectivity index (χ0) is 18.9. The van der Waals surface area contributed by atoms with Gasteiger partial charge in [0.1, 0.15) is 0 Å². The summed E-state index contributed by atoms with van der Waals surface area (Å²) in [6.07, 6.45) is 8.38. The van der Waals surface area contributed by atoms with Crippen LogP contribution in [0.15, 0.2) is 91.0 Å². The first kappa shape index (κ1) is 18.5. The third-order valence-electron chi connectivity index (χ3n) is 4.35. The lowest BCUT2D eigenvalue weighted by Gasteiger charge is -2.11. The van der Waals surface area contributed by atoms with Crippen LogP contribution < -0.4 is 10.2 Å². The summed E-state index contributed by atoms with van der Waals surface area (Å²) in [5.41, 5.74) is 6.01. The average Bonchev–Trinajstić information content (AvgIpc) is 2.71. The molecule has 3 aromatic carbocycles. The summed E-state index contributed by atoms with van der Waals surface area (Å²) in [7, 11) is 4.10. The maximum atomic E-state index is 3.45. The number of nitrogens with zero attached hydrogens (tertiary/aromatic N) is 1. The van der Waals surface area contributed by atoms with Crippen LogP contribution in [-0.2, 0) is 6.54 Å². The number of hydrogen-bond donors (Lipinski definition) is 1. The van der Waals surface area contributed by atoms with E-state index in [-0.39, 0.29) is 0 Å². The quantitative estimate of drug-likeness (QED) is 0.516. The van der Waals surface area contributed by atoms with Crippen molar-refractivity contribution in [1.29, 1.82) is 0 Å². The molecule has 0 aliphatic rings. The molecule has 0 spiro atoms. The van der Waals surface area contributed by atoms with Crippen LogP contribution in [0.25, 0.3) is 12.2 Å². The van der Waals surface area contributed by atoms with Crippen LogP contribution in [0.5, 0.6) is 0 Å². The van der Waals surface area contributed by atoms with Crippen LogP contribution in [0.4, 0.5) is 11.4 Å². The molecule has 0 amide bonds. The molecular weight excluding hydrogens is 328 g/mol. The van der Waals surface area contributed by atoms with E-state index in [9.17, 15) is 0 Å². The van der Waals surface area contributed by atoms with Gasteiger partial charge in [0.05, 0.1) is 0 Å². The Balaban J connectivity index is 1.51. The molecule has 3 rings (SSSR count). The fourth-order valence-corrected chi connectivity index (χ4v) is 2.73. The standard InChI is InChI=1S/C25H26N2/c1-27(2)25-18-14-22(15-19-25)9-7-6-8-21-12-16-24(17-13-21)26-20-23-10-4-3-5-11-23/h3-19,26H,20H2,1-2H3/b8-6+,9-7+. The first-order valence-corrected chi connectivity index (χ1v) is 9.21. The first-order chi connectivity index (χ1) is 13.2. The summed E-state index contributed by atoms with van der Waals surface area (Å²) in [5, 5.41) is 3.45. The van der Waals surface area contributed by atoms with Crippen LogP contribution in [0.2, 0.25) is 0 Å². The number of rotatable bonds is 7. The molecule has 0 aromatic heterocycles. The van der Waals surface area contributed by atoms with E-state index in [0.29, 0.717) is 0 Å². The van der Waals surface area contributed by atoms with E-state index in [1.165, 1.54) is 22.4 Å². The van der Waals surface area contributed by atoms with Crippen molar-refractivity contribution in [3.8, 4) is 0 Å². The molecule has 27 heavy (non-hydrogen) atoms. The molecule has 136 valence electrons. The van der Waals surface area contributed by atoms with E-state index >= 15 is 0 Å². The van der Waals surface area contributed by atoms with Crippen molar-refractivity contribution in [1.82, 2.24) is 0 Å². The van der Waals surface area contributed by atoms with Gasteiger partial charge in [0, 0.05) is 32.0 Å². The largest absolute Gasteiger partial charge is 0.381 e. The SMILES string of the molecule is CN(C)c1ccc(/C=C/C=C/c2ccc(NCc3ccccc3)cc2)cc1. The third kappa shape index (κ3) is 5.89. The zero-order valence-corrected chi connectivity index (χ0v) is 16.0. The van der Waals surface area contributed by atoms with Crippen molar-refractivity contribution >= 4 is 23.5 Å². The molecule has 2 nitrogen and oxygen atoms in total. The molecule has 0 unspecified atom stereocenters. The van der Waals surface area contributed by atoms with Gasteiger partial charge in [-0.05, 0) is 41.0 Å². The molecule has 0 heterocycles. The van der Waals surface area contributed by atoms with Crippen LogP contribution >= 0.6 is 0 Å². The topological polar surface area (TPSA) is 15.3 Å². The normalized spacial score (nSPS) is 11.2. The van der Waals surface area contributed by atoms with Gasteiger partial charge in [0.15, 0.2) is 0 Å². The van der Waals surface area contributed by atoms with Gasteiger partial charge in [-0.2, -0.15) is 0 Å². The van der Waals surface area contributed by atoms with Gasteiger partial charge < -0.3 is 10.2 Å². The van der Waals surface area contributed by atoms with Gasteiger partial charge in [-0.15, -0.1) is 0 Å². The van der Waals surface area contributed by atoms with E-state index in [2.05, 4.69) is 121 Å². The lowest BCUT2D eigenvalue weighted by Crippen LogP contribution is -2.07. The number of anilines is 2. The lowest BCUT2D eigenvalue weighted by atomic mass is 10.1. The van der Waals surface area contributed by atoms with Gasteiger partial charge in [-0.1, -0.05) is 78.9 Å². The Labute approximate surface area is 162 Å². The summed E-state index contributed by atoms with van der Waals surface area (Å²) in [6, 6.07) is 27.4. The molecule has 2 heteroatoms. The van der Waals surface area contributed by atoms with Crippen molar-refractivity contribution in [2.24, 2.45) is 0 Å². The highest BCUT2D eigenvalue weighted by molar-refractivity contribution is 5.60. The van der Waals surface area contributed by atoms with Crippen molar-refractivity contribution in [3.05, 3.63) is 108 Å². The molecule has 0 atom stereocenters. The molecule has 3 aromatic rings. The van der Waals surface area contributed by atoms with Crippen molar-refractivity contribution in [2.45, 2.75) is 6.54 Å². The summed E-state index contributed by atoms with van der Waals surface area (Å²) in [4.78, 5) is 2.10. The van der Waals surface area contributed by atoms with Gasteiger partial charge in [-0.3, -0.25) is 0 Å². The second-order valence-corrected chi connectivity index (χ2v) is 6.67. The zero-order valence-electron chi connectivity index (χ0n) is 16.0. The number of hydrogen-bond acceptors (Lipinski definition) is 2. The summed E-state index contributed by atoms with van der Waals surface area (Å²) >= 11 is 0. The van der Waals surface area contributed by atoms with Gasteiger partial charge in [-0.25, -0.2) is 0 Å². The molecule has 0 saturated carbocycles. The van der Waals surface area contributed by atoms with E-state index in [0.717, 1.165) is 12.2 Å². The predicted molar refractivity (Wildman–Crippen MR) is 119 cm³/mol. The fraction of sp³-hybridized carbons (Fsp3) is 0.120. The Morgan fingerprint density at radius 2 is 1.26 bits per heavy atom. The van der Waals surface area contributed by atoms with Crippen LogP contribution in [0.3, 0.4) is 0 Å². The minimum absolute atomic E-state index is 0.839. The Morgan fingerprint density at radius 1 is 0.704 bits per heavy atom. The Kier molecular flexibility index (Phi) is 6.48. The summed E-state index contributed by atoms with van der Waals surface area (Å²) in [6.45, 7) is 0.839. The molecule has 0 radical (unpaired) electrons. The highest BCUT2D eigenvalue weighted by Gasteiger charge is 1.94. The summed E-state index contributed by atoms with van der Waals surface area (Å²) < 4.78 is 0. The minimum atomic E-state index is 0.839. The van der Waals surface area contributed by atoms with Gasteiger partial charge >= 0.3 is 0 Å². The Morgan fingerprint density at radius 3 is 1.81 bits per heavy atom. The lowest BCUT2D eigenvalue weighted by molar-refractivity contribution is 1.13. The highest BCUT2D eigenvalue weighted by atomic mass is 15.1.